The minimum atomic E-state index is -0.741. The Balaban J connectivity index is 3.05. The van der Waals surface area contributed by atoms with E-state index in [1.165, 1.54) is 12.1 Å². The van der Waals surface area contributed by atoms with Crippen molar-refractivity contribution in [1.29, 1.82) is 0 Å². The zero-order valence-corrected chi connectivity index (χ0v) is 7.30. The van der Waals surface area contributed by atoms with Gasteiger partial charge in [0.2, 0.25) is 0 Å². The van der Waals surface area contributed by atoms with Crippen LogP contribution in [0.15, 0.2) is 18.2 Å². The number of primary amides is 1. The van der Waals surface area contributed by atoms with Crippen LogP contribution in [0.4, 0.5) is 0 Å². The van der Waals surface area contributed by atoms with Gasteiger partial charge in [0, 0.05) is 10.9 Å². The lowest BCUT2D eigenvalue weighted by molar-refractivity contribution is -0.112. The molecule has 1 aromatic rings. The highest BCUT2D eigenvalue weighted by Gasteiger charge is 1.97. The second kappa shape index (κ2) is 3.83. The lowest BCUT2D eigenvalue weighted by Crippen LogP contribution is -2.06. The van der Waals surface area contributed by atoms with Crippen LogP contribution in [0.1, 0.15) is 5.56 Å². The first-order chi connectivity index (χ1) is 6.09. The highest BCUT2D eigenvalue weighted by atomic mass is 35.5. The van der Waals surface area contributed by atoms with Crippen molar-refractivity contribution in [2.75, 3.05) is 0 Å². The summed E-state index contributed by atoms with van der Waals surface area (Å²) in [6.45, 7) is 0. The van der Waals surface area contributed by atoms with Crippen LogP contribution in [0.3, 0.4) is 0 Å². The second-order valence-electron chi connectivity index (χ2n) is 2.28. The Kier molecular flexibility index (Phi) is 2.78. The first kappa shape index (κ1) is 9.43. The van der Waals surface area contributed by atoms with Gasteiger partial charge >= 0.3 is 0 Å². The molecule has 1 rings (SSSR count). The summed E-state index contributed by atoms with van der Waals surface area (Å²) in [5.41, 5.74) is 5.12. The van der Waals surface area contributed by atoms with Crippen molar-refractivity contribution in [3.63, 3.8) is 0 Å². The van der Waals surface area contributed by atoms with E-state index in [-0.39, 0.29) is 5.75 Å². The number of phenols is 1. The lowest BCUT2D eigenvalue weighted by Gasteiger charge is -1.95. The first-order valence-electron chi connectivity index (χ1n) is 3.39. The summed E-state index contributed by atoms with van der Waals surface area (Å²) in [5.74, 6) is 3.70. The molecule has 1 amide bonds. The zero-order valence-electron chi connectivity index (χ0n) is 6.54. The van der Waals surface area contributed by atoms with Crippen LogP contribution in [0.2, 0.25) is 5.02 Å². The molecule has 0 heterocycles. The van der Waals surface area contributed by atoms with Gasteiger partial charge in [-0.1, -0.05) is 17.5 Å². The van der Waals surface area contributed by atoms with E-state index in [4.69, 9.17) is 17.3 Å². The molecule has 0 aliphatic rings. The molecule has 0 bridgehead atoms. The number of rotatable bonds is 0. The Bertz CT molecular complexity index is 404. The van der Waals surface area contributed by atoms with Crippen molar-refractivity contribution >= 4 is 17.5 Å². The Morgan fingerprint density at radius 1 is 1.54 bits per heavy atom. The number of amides is 1. The van der Waals surface area contributed by atoms with Gasteiger partial charge in [-0.2, -0.15) is 0 Å². The molecule has 0 saturated carbocycles. The van der Waals surface area contributed by atoms with Crippen LogP contribution < -0.4 is 5.73 Å². The van der Waals surface area contributed by atoms with Gasteiger partial charge in [0.05, 0.1) is 5.56 Å². The van der Waals surface area contributed by atoms with Gasteiger partial charge in [-0.3, -0.25) is 4.79 Å². The van der Waals surface area contributed by atoms with Crippen molar-refractivity contribution in [3.8, 4) is 17.6 Å². The number of benzene rings is 1. The second-order valence-corrected chi connectivity index (χ2v) is 2.71. The number of carbonyl (C=O) groups is 1. The van der Waals surface area contributed by atoms with E-state index in [1.54, 1.807) is 6.07 Å². The van der Waals surface area contributed by atoms with E-state index in [2.05, 4.69) is 11.8 Å². The van der Waals surface area contributed by atoms with E-state index in [1.807, 2.05) is 0 Å². The molecule has 0 aliphatic carbocycles. The van der Waals surface area contributed by atoms with Crippen LogP contribution in [-0.4, -0.2) is 11.0 Å². The van der Waals surface area contributed by atoms with E-state index < -0.39 is 5.91 Å². The van der Waals surface area contributed by atoms with Gasteiger partial charge in [0.1, 0.15) is 5.75 Å². The molecular weight excluding hydrogens is 190 g/mol. The average molecular weight is 196 g/mol. The number of hydrogen-bond donors (Lipinski definition) is 2. The molecule has 0 saturated heterocycles. The van der Waals surface area contributed by atoms with Gasteiger partial charge < -0.3 is 10.8 Å². The molecule has 0 fully saturated rings. The normalized spacial score (nSPS) is 8.69. The summed E-state index contributed by atoms with van der Waals surface area (Å²) in [5, 5.41) is 9.67. The topological polar surface area (TPSA) is 63.3 Å². The average Bonchev–Trinajstić information content (AvgIpc) is 2.02. The fourth-order valence-electron chi connectivity index (χ4n) is 0.739. The van der Waals surface area contributed by atoms with Crippen molar-refractivity contribution < 1.29 is 9.90 Å². The maximum absolute atomic E-state index is 10.3. The molecule has 4 heteroatoms. The smallest absolute Gasteiger partial charge is 0.293 e. The molecule has 0 radical (unpaired) electrons. The third-order valence-corrected chi connectivity index (χ3v) is 1.52. The zero-order chi connectivity index (χ0) is 9.84. The van der Waals surface area contributed by atoms with Crippen molar-refractivity contribution in [3.05, 3.63) is 28.8 Å². The third-order valence-electron chi connectivity index (χ3n) is 1.28. The fraction of sp³-hybridized carbons (Fsp3) is 0. The lowest BCUT2D eigenvalue weighted by atomic mass is 10.2. The van der Waals surface area contributed by atoms with E-state index in [0.29, 0.717) is 10.6 Å². The predicted octanol–water partition coefficient (Wildman–Crippen LogP) is 0.882. The maximum atomic E-state index is 10.3. The number of nitrogens with two attached hydrogens (primary N) is 1. The summed E-state index contributed by atoms with van der Waals surface area (Å²) >= 11 is 5.58. The van der Waals surface area contributed by atoms with Crippen LogP contribution >= 0.6 is 11.6 Å². The van der Waals surface area contributed by atoms with Crippen LogP contribution in [0, 0.1) is 11.8 Å². The Labute approximate surface area is 80.1 Å². The van der Waals surface area contributed by atoms with Gasteiger partial charge in [-0.05, 0) is 18.2 Å². The summed E-state index contributed by atoms with van der Waals surface area (Å²) in [6, 6.07) is 4.41. The van der Waals surface area contributed by atoms with E-state index in [9.17, 15) is 9.90 Å². The number of phenolic OH excluding ortho intramolecular Hbond substituents is 1. The largest absolute Gasteiger partial charge is 0.507 e. The van der Waals surface area contributed by atoms with Gasteiger partial charge in [-0.15, -0.1) is 0 Å². The molecule has 0 aliphatic heterocycles. The van der Waals surface area contributed by atoms with Crippen molar-refractivity contribution in [2.45, 2.75) is 0 Å². The van der Waals surface area contributed by atoms with Crippen molar-refractivity contribution in [2.24, 2.45) is 5.73 Å². The highest BCUT2D eigenvalue weighted by Crippen LogP contribution is 2.20. The standard InChI is InChI=1S/C9H6ClNO2/c10-7-3-1-6(8(12)5-7)2-4-9(11)13/h1,3,5,12H,(H2,11,13). The predicted molar refractivity (Wildman–Crippen MR) is 49.2 cm³/mol. The number of carbonyl (C=O) groups excluding carboxylic acids is 1. The summed E-state index contributed by atoms with van der Waals surface area (Å²) in [7, 11) is 0. The Morgan fingerprint density at radius 2 is 2.23 bits per heavy atom. The molecule has 3 N–H and O–H groups in total. The van der Waals surface area contributed by atoms with Gasteiger partial charge in [0.15, 0.2) is 0 Å². The molecular formula is C9H6ClNO2. The molecule has 13 heavy (non-hydrogen) atoms. The summed E-state index contributed by atoms with van der Waals surface area (Å²) in [6.07, 6.45) is 0. The summed E-state index contributed by atoms with van der Waals surface area (Å²) < 4.78 is 0. The minimum Gasteiger partial charge on any atom is -0.507 e. The highest BCUT2D eigenvalue weighted by molar-refractivity contribution is 6.30. The SMILES string of the molecule is NC(=O)C#Cc1ccc(Cl)cc1O. The monoisotopic (exact) mass is 195 g/mol. The first-order valence-corrected chi connectivity index (χ1v) is 3.77. The van der Waals surface area contributed by atoms with Crippen molar-refractivity contribution in [1.82, 2.24) is 0 Å². The molecule has 0 aromatic heterocycles. The number of aromatic hydroxyl groups is 1. The molecule has 0 unspecified atom stereocenters. The quantitative estimate of drug-likeness (QED) is 0.604. The molecule has 1 aromatic carbocycles. The molecule has 66 valence electrons. The third kappa shape index (κ3) is 2.69. The number of halogens is 1. The minimum absolute atomic E-state index is 0.0683. The van der Waals surface area contributed by atoms with Crippen LogP contribution in [-0.2, 0) is 4.79 Å². The van der Waals surface area contributed by atoms with Gasteiger partial charge in [-0.25, -0.2) is 0 Å². The molecule has 0 spiro atoms. The fourth-order valence-corrected chi connectivity index (χ4v) is 0.906. The Morgan fingerprint density at radius 3 is 2.77 bits per heavy atom. The molecule has 0 atom stereocenters. The van der Waals surface area contributed by atoms with Crippen LogP contribution in [0.25, 0.3) is 0 Å². The Hall–Kier alpha value is -1.66. The van der Waals surface area contributed by atoms with E-state index >= 15 is 0 Å². The van der Waals surface area contributed by atoms with Gasteiger partial charge in [0.25, 0.3) is 5.91 Å². The number of hydrogen-bond acceptors (Lipinski definition) is 2. The van der Waals surface area contributed by atoms with E-state index in [0.717, 1.165) is 0 Å². The summed E-state index contributed by atoms with van der Waals surface area (Å²) in [4.78, 5) is 10.3. The molecule has 3 nitrogen and oxygen atoms in total. The maximum Gasteiger partial charge on any atom is 0.293 e. The van der Waals surface area contributed by atoms with Crippen LogP contribution in [0.5, 0.6) is 5.75 Å².